The summed E-state index contributed by atoms with van der Waals surface area (Å²) in [6.45, 7) is 0.129. The van der Waals surface area contributed by atoms with Gasteiger partial charge in [-0.2, -0.15) is 4.98 Å². The Balaban J connectivity index is 1.45. The first kappa shape index (κ1) is 14.2. The summed E-state index contributed by atoms with van der Waals surface area (Å²) in [5.74, 6) is 1.57. The molecule has 2 aromatic heterocycles. The molecule has 0 radical (unpaired) electrons. The van der Waals surface area contributed by atoms with Crippen LogP contribution >= 0.6 is 0 Å². The van der Waals surface area contributed by atoms with Crippen LogP contribution in [0.4, 0.5) is 5.95 Å². The normalized spacial score (nSPS) is 15.8. The molecule has 0 aliphatic carbocycles. The van der Waals surface area contributed by atoms with Gasteiger partial charge in [-0.15, -0.1) is 5.10 Å². The van der Waals surface area contributed by atoms with Crippen molar-refractivity contribution in [1.82, 2.24) is 19.7 Å². The lowest BCUT2D eigenvalue weighted by Gasteiger charge is -2.25. The molecule has 0 spiro atoms. The number of pyridine rings is 1. The van der Waals surface area contributed by atoms with Gasteiger partial charge in [-0.05, 0) is 24.3 Å². The highest BCUT2D eigenvalue weighted by molar-refractivity contribution is 5.93. The molecule has 1 aromatic carbocycles. The first-order chi connectivity index (χ1) is 11.8. The zero-order valence-electron chi connectivity index (χ0n) is 12.5. The lowest BCUT2D eigenvalue weighted by molar-refractivity contribution is -0.125. The van der Waals surface area contributed by atoms with Gasteiger partial charge in [-0.1, -0.05) is 18.2 Å². The first-order valence-electron chi connectivity index (χ1n) is 7.32. The second-order valence-corrected chi connectivity index (χ2v) is 5.05. The van der Waals surface area contributed by atoms with Crippen LogP contribution in [0, 0.1) is 0 Å². The van der Waals surface area contributed by atoms with E-state index >= 15 is 0 Å². The minimum Gasteiger partial charge on any atom is -0.485 e. The topological polar surface area (TPSA) is 91.2 Å². The highest BCUT2D eigenvalue weighted by atomic mass is 16.6. The molecule has 1 unspecified atom stereocenters. The second kappa shape index (κ2) is 5.99. The summed E-state index contributed by atoms with van der Waals surface area (Å²) in [7, 11) is 0. The Labute approximate surface area is 137 Å². The lowest BCUT2D eigenvalue weighted by Crippen LogP contribution is -2.40. The van der Waals surface area contributed by atoms with Gasteiger partial charge in [0.2, 0.25) is 12.1 Å². The molecule has 0 fully saturated rings. The van der Waals surface area contributed by atoms with Crippen molar-refractivity contribution >= 4 is 11.9 Å². The maximum Gasteiger partial charge on any atom is 0.271 e. The number of hydrogen-bond acceptors (Lipinski definition) is 6. The molecular formula is C16H13N5O3. The maximum atomic E-state index is 12.3. The molecule has 1 aliphatic heterocycles. The predicted octanol–water partition coefficient (Wildman–Crippen LogP) is 1.44. The molecule has 120 valence electrons. The summed E-state index contributed by atoms with van der Waals surface area (Å²) < 4.78 is 12.6. The monoisotopic (exact) mass is 323 g/mol. The van der Waals surface area contributed by atoms with Crippen molar-refractivity contribution in [3.63, 3.8) is 0 Å². The van der Waals surface area contributed by atoms with E-state index in [2.05, 4.69) is 20.4 Å². The van der Waals surface area contributed by atoms with Crippen molar-refractivity contribution < 1.29 is 14.3 Å². The fourth-order valence-corrected chi connectivity index (χ4v) is 2.26. The van der Waals surface area contributed by atoms with Gasteiger partial charge in [0.15, 0.2) is 17.3 Å². The number of carbonyl (C=O) groups excluding carboxylic acids is 1. The molecule has 1 amide bonds. The van der Waals surface area contributed by atoms with E-state index < -0.39 is 6.10 Å². The zero-order valence-corrected chi connectivity index (χ0v) is 12.5. The van der Waals surface area contributed by atoms with Crippen LogP contribution in [0.5, 0.6) is 11.5 Å². The van der Waals surface area contributed by atoms with Crippen molar-refractivity contribution in [2.45, 2.75) is 6.10 Å². The van der Waals surface area contributed by atoms with E-state index in [4.69, 9.17) is 9.47 Å². The Bertz CT molecular complexity index is 865. The predicted molar refractivity (Wildman–Crippen MR) is 84.1 cm³/mol. The number of nitrogens with zero attached hydrogens (tertiary/aromatic N) is 4. The summed E-state index contributed by atoms with van der Waals surface area (Å²) in [5.41, 5.74) is 0. The average molecular weight is 323 g/mol. The third-order valence-corrected chi connectivity index (χ3v) is 3.41. The van der Waals surface area contributed by atoms with Gasteiger partial charge >= 0.3 is 0 Å². The Morgan fingerprint density at radius 2 is 1.96 bits per heavy atom. The molecule has 3 heterocycles. The van der Waals surface area contributed by atoms with Gasteiger partial charge in [0.1, 0.15) is 12.9 Å². The number of carbonyl (C=O) groups is 1. The van der Waals surface area contributed by atoms with E-state index in [0.717, 1.165) is 0 Å². The lowest BCUT2D eigenvalue weighted by atomic mass is 10.2. The molecule has 0 bridgehead atoms. The van der Waals surface area contributed by atoms with E-state index in [1.165, 1.54) is 11.0 Å². The Morgan fingerprint density at radius 1 is 1.12 bits per heavy atom. The number of nitrogens with one attached hydrogen (secondary N) is 1. The van der Waals surface area contributed by atoms with Crippen LogP contribution in [0.3, 0.4) is 0 Å². The third kappa shape index (κ3) is 2.76. The highest BCUT2D eigenvalue weighted by Crippen LogP contribution is 2.31. The maximum absolute atomic E-state index is 12.3. The molecule has 0 saturated carbocycles. The summed E-state index contributed by atoms with van der Waals surface area (Å²) in [5, 5.41) is 6.79. The number of aromatic nitrogens is 4. The summed E-state index contributed by atoms with van der Waals surface area (Å²) in [4.78, 5) is 20.5. The fraction of sp³-hybridized carbons (Fsp3) is 0.125. The molecule has 1 N–H and O–H groups in total. The van der Waals surface area contributed by atoms with Crippen LogP contribution in [0.2, 0.25) is 0 Å². The van der Waals surface area contributed by atoms with E-state index in [9.17, 15) is 4.79 Å². The fourth-order valence-electron chi connectivity index (χ4n) is 2.26. The van der Waals surface area contributed by atoms with Gasteiger partial charge in [0.25, 0.3) is 5.91 Å². The number of amides is 1. The number of para-hydroxylation sites is 2. The van der Waals surface area contributed by atoms with Crippen LogP contribution in [0.15, 0.2) is 55.0 Å². The standard InChI is InChI=1S/C16H13N5O3/c22-15(13-9-23-11-5-1-2-6-12(11)24-13)19-16-18-10-21(20-16)14-7-3-4-8-17-14/h1-8,10,13H,9H2,(H,19,20,22). The van der Waals surface area contributed by atoms with Crippen molar-refractivity contribution in [3.05, 3.63) is 55.0 Å². The smallest absolute Gasteiger partial charge is 0.271 e. The van der Waals surface area contributed by atoms with Crippen molar-refractivity contribution in [1.29, 1.82) is 0 Å². The number of anilines is 1. The van der Waals surface area contributed by atoms with Crippen molar-refractivity contribution in [3.8, 4) is 17.3 Å². The molecule has 8 nitrogen and oxygen atoms in total. The van der Waals surface area contributed by atoms with Crippen LogP contribution in [-0.2, 0) is 4.79 Å². The molecule has 1 aliphatic rings. The largest absolute Gasteiger partial charge is 0.485 e. The summed E-state index contributed by atoms with van der Waals surface area (Å²) >= 11 is 0. The van der Waals surface area contributed by atoms with E-state index in [1.54, 1.807) is 30.5 Å². The van der Waals surface area contributed by atoms with Gasteiger partial charge in [-0.25, -0.2) is 9.67 Å². The number of ether oxygens (including phenoxy) is 2. The van der Waals surface area contributed by atoms with Gasteiger partial charge in [0, 0.05) is 6.20 Å². The van der Waals surface area contributed by atoms with E-state index in [-0.39, 0.29) is 18.5 Å². The molecule has 1 atom stereocenters. The minimum absolute atomic E-state index is 0.129. The van der Waals surface area contributed by atoms with Gasteiger partial charge < -0.3 is 9.47 Å². The Kier molecular flexibility index (Phi) is 3.54. The Morgan fingerprint density at radius 3 is 2.79 bits per heavy atom. The summed E-state index contributed by atoms with van der Waals surface area (Å²) in [6, 6.07) is 12.6. The van der Waals surface area contributed by atoms with Gasteiger partial charge in [0.05, 0.1) is 0 Å². The first-order valence-corrected chi connectivity index (χ1v) is 7.32. The van der Waals surface area contributed by atoms with Crippen LogP contribution in [-0.4, -0.2) is 38.4 Å². The number of hydrogen-bond donors (Lipinski definition) is 1. The van der Waals surface area contributed by atoms with Gasteiger partial charge in [-0.3, -0.25) is 10.1 Å². The number of benzene rings is 1. The second-order valence-electron chi connectivity index (χ2n) is 5.05. The van der Waals surface area contributed by atoms with E-state index in [0.29, 0.717) is 17.3 Å². The molecule has 3 aromatic rings. The molecule has 24 heavy (non-hydrogen) atoms. The van der Waals surface area contributed by atoms with Crippen LogP contribution in [0.1, 0.15) is 0 Å². The van der Waals surface area contributed by atoms with E-state index in [1.807, 2.05) is 18.2 Å². The highest BCUT2D eigenvalue weighted by Gasteiger charge is 2.28. The van der Waals surface area contributed by atoms with Crippen LogP contribution in [0.25, 0.3) is 5.82 Å². The van der Waals surface area contributed by atoms with Crippen LogP contribution < -0.4 is 14.8 Å². The minimum atomic E-state index is -0.762. The molecular weight excluding hydrogens is 310 g/mol. The molecule has 4 rings (SSSR count). The van der Waals surface area contributed by atoms with Crippen molar-refractivity contribution in [2.24, 2.45) is 0 Å². The average Bonchev–Trinajstić information content (AvgIpc) is 3.10. The summed E-state index contributed by atoms with van der Waals surface area (Å²) in [6.07, 6.45) is 2.37. The molecule has 0 saturated heterocycles. The van der Waals surface area contributed by atoms with Crippen molar-refractivity contribution in [2.75, 3.05) is 11.9 Å². The SMILES string of the molecule is O=C(Nc1ncn(-c2ccccn2)n1)C1COc2ccccc2O1. The molecule has 8 heteroatoms. The third-order valence-electron chi connectivity index (χ3n) is 3.41. The number of rotatable bonds is 3. The quantitative estimate of drug-likeness (QED) is 0.784. The zero-order chi connectivity index (χ0) is 16.4. The Hall–Kier alpha value is -3.42. The number of fused-ring (bicyclic) bond motifs is 1.